The molecule has 4 heteroatoms. The number of nitrogens with zero attached hydrogens (tertiary/aromatic N) is 3. The van der Waals surface area contributed by atoms with E-state index in [4.69, 9.17) is 10.7 Å². The standard InChI is InChI=1S/C18H22N4/c1-12(2)8-17-21-16-9-13(3)10-20-18(16)22(17)11-14-4-6-15(19)7-5-14/h4-7,9-10,12H,8,11,19H2,1-3H3. The van der Waals surface area contributed by atoms with Crippen LogP contribution >= 0.6 is 0 Å². The number of hydrogen-bond donors (Lipinski definition) is 1. The molecular weight excluding hydrogens is 272 g/mol. The first-order valence-corrected chi connectivity index (χ1v) is 7.69. The predicted molar refractivity (Wildman–Crippen MR) is 90.8 cm³/mol. The van der Waals surface area contributed by atoms with Crippen molar-refractivity contribution >= 4 is 16.9 Å². The summed E-state index contributed by atoms with van der Waals surface area (Å²) in [6.45, 7) is 7.25. The molecule has 0 aliphatic carbocycles. The summed E-state index contributed by atoms with van der Waals surface area (Å²) in [7, 11) is 0. The maximum atomic E-state index is 5.77. The van der Waals surface area contributed by atoms with Crippen molar-refractivity contribution in [1.82, 2.24) is 14.5 Å². The van der Waals surface area contributed by atoms with E-state index < -0.39 is 0 Å². The van der Waals surface area contributed by atoms with Gasteiger partial charge in [-0.1, -0.05) is 26.0 Å². The van der Waals surface area contributed by atoms with Crippen LogP contribution in [0.4, 0.5) is 5.69 Å². The normalized spacial score (nSPS) is 11.5. The van der Waals surface area contributed by atoms with E-state index in [9.17, 15) is 0 Å². The smallest absolute Gasteiger partial charge is 0.160 e. The molecule has 0 atom stereocenters. The van der Waals surface area contributed by atoms with E-state index in [-0.39, 0.29) is 0 Å². The average molecular weight is 294 g/mol. The van der Waals surface area contributed by atoms with E-state index in [0.29, 0.717) is 5.92 Å². The van der Waals surface area contributed by atoms with Crippen molar-refractivity contribution < 1.29 is 0 Å². The molecule has 0 spiro atoms. The van der Waals surface area contributed by atoms with Gasteiger partial charge in [0, 0.05) is 18.3 Å². The van der Waals surface area contributed by atoms with Crippen LogP contribution in [0.1, 0.15) is 30.8 Å². The van der Waals surface area contributed by atoms with Gasteiger partial charge in [-0.15, -0.1) is 0 Å². The van der Waals surface area contributed by atoms with Crippen LogP contribution in [0.3, 0.4) is 0 Å². The fourth-order valence-corrected chi connectivity index (χ4v) is 2.65. The highest BCUT2D eigenvalue weighted by Gasteiger charge is 2.13. The van der Waals surface area contributed by atoms with Crippen molar-refractivity contribution in [2.75, 3.05) is 5.73 Å². The van der Waals surface area contributed by atoms with Crippen molar-refractivity contribution in [2.24, 2.45) is 5.92 Å². The Morgan fingerprint density at radius 3 is 2.59 bits per heavy atom. The van der Waals surface area contributed by atoms with Gasteiger partial charge in [0.2, 0.25) is 0 Å². The van der Waals surface area contributed by atoms with Crippen LogP contribution in [0.15, 0.2) is 36.5 Å². The zero-order valence-corrected chi connectivity index (χ0v) is 13.4. The maximum Gasteiger partial charge on any atom is 0.160 e. The first-order valence-electron chi connectivity index (χ1n) is 7.69. The van der Waals surface area contributed by atoms with Crippen molar-refractivity contribution in [2.45, 2.75) is 33.7 Å². The third kappa shape index (κ3) is 2.96. The number of aryl methyl sites for hydroxylation is 1. The van der Waals surface area contributed by atoms with Gasteiger partial charge in [0.15, 0.2) is 5.65 Å². The Labute approximate surface area is 131 Å². The minimum absolute atomic E-state index is 0.558. The Bertz CT molecular complexity index is 785. The summed E-state index contributed by atoms with van der Waals surface area (Å²) in [6, 6.07) is 10.1. The predicted octanol–water partition coefficient (Wildman–Crippen LogP) is 3.57. The lowest BCUT2D eigenvalue weighted by Crippen LogP contribution is -2.08. The second-order valence-electron chi connectivity index (χ2n) is 6.31. The van der Waals surface area contributed by atoms with Gasteiger partial charge in [-0.3, -0.25) is 0 Å². The largest absolute Gasteiger partial charge is 0.399 e. The molecule has 0 radical (unpaired) electrons. The molecule has 4 nitrogen and oxygen atoms in total. The van der Waals surface area contributed by atoms with Gasteiger partial charge in [-0.25, -0.2) is 9.97 Å². The van der Waals surface area contributed by atoms with E-state index in [1.807, 2.05) is 25.3 Å². The van der Waals surface area contributed by atoms with Gasteiger partial charge >= 0.3 is 0 Å². The van der Waals surface area contributed by atoms with E-state index in [2.05, 4.69) is 41.6 Å². The summed E-state index contributed by atoms with van der Waals surface area (Å²) in [6.07, 6.45) is 2.85. The van der Waals surface area contributed by atoms with E-state index in [0.717, 1.165) is 41.2 Å². The third-order valence-electron chi connectivity index (χ3n) is 3.71. The number of rotatable bonds is 4. The van der Waals surface area contributed by atoms with Gasteiger partial charge in [-0.2, -0.15) is 0 Å². The first-order chi connectivity index (χ1) is 10.5. The molecule has 0 unspecified atom stereocenters. The minimum Gasteiger partial charge on any atom is -0.399 e. The Morgan fingerprint density at radius 2 is 1.91 bits per heavy atom. The monoisotopic (exact) mass is 294 g/mol. The van der Waals surface area contributed by atoms with Crippen LogP contribution < -0.4 is 5.73 Å². The molecule has 0 fully saturated rings. The Hall–Kier alpha value is -2.36. The molecule has 3 aromatic rings. The van der Waals surface area contributed by atoms with Crippen molar-refractivity contribution in [3.8, 4) is 0 Å². The molecule has 0 saturated carbocycles. The topological polar surface area (TPSA) is 56.7 Å². The second kappa shape index (κ2) is 5.79. The van der Waals surface area contributed by atoms with Gasteiger partial charge in [0.05, 0.1) is 6.54 Å². The minimum atomic E-state index is 0.558. The highest BCUT2D eigenvalue weighted by molar-refractivity contribution is 5.72. The summed E-state index contributed by atoms with van der Waals surface area (Å²) in [5, 5.41) is 0. The van der Waals surface area contributed by atoms with Gasteiger partial charge in [0.25, 0.3) is 0 Å². The zero-order valence-electron chi connectivity index (χ0n) is 13.4. The molecule has 1 aromatic carbocycles. The number of aromatic nitrogens is 3. The Morgan fingerprint density at radius 1 is 1.18 bits per heavy atom. The van der Waals surface area contributed by atoms with E-state index >= 15 is 0 Å². The number of nitrogens with two attached hydrogens (primary N) is 1. The van der Waals surface area contributed by atoms with Crippen LogP contribution in [0.5, 0.6) is 0 Å². The fourth-order valence-electron chi connectivity index (χ4n) is 2.65. The average Bonchev–Trinajstić information content (AvgIpc) is 2.77. The van der Waals surface area contributed by atoms with Gasteiger partial charge in [0.1, 0.15) is 11.3 Å². The second-order valence-corrected chi connectivity index (χ2v) is 6.31. The number of nitrogen functional groups attached to an aromatic ring is 1. The number of benzene rings is 1. The highest BCUT2D eigenvalue weighted by Crippen LogP contribution is 2.20. The van der Waals surface area contributed by atoms with Crippen LogP contribution in [0.25, 0.3) is 11.2 Å². The maximum absolute atomic E-state index is 5.77. The molecule has 0 aliphatic rings. The summed E-state index contributed by atoms with van der Waals surface area (Å²) >= 11 is 0. The fraction of sp³-hybridized carbons (Fsp3) is 0.333. The number of hydrogen-bond acceptors (Lipinski definition) is 3. The van der Waals surface area contributed by atoms with Gasteiger partial charge < -0.3 is 10.3 Å². The molecule has 22 heavy (non-hydrogen) atoms. The van der Waals surface area contributed by atoms with Crippen LogP contribution in [-0.2, 0) is 13.0 Å². The lowest BCUT2D eigenvalue weighted by atomic mass is 10.1. The quantitative estimate of drug-likeness (QED) is 0.748. The van der Waals surface area contributed by atoms with Crippen LogP contribution in [0.2, 0.25) is 0 Å². The van der Waals surface area contributed by atoms with Crippen LogP contribution in [-0.4, -0.2) is 14.5 Å². The molecule has 0 aliphatic heterocycles. The molecular formula is C18H22N4. The molecule has 2 N–H and O–H groups in total. The molecule has 0 bridgehead atoms. The zero-order chi connectivity index (χ0) is 15.7. The van der Waals surface area contributed by atoms with Gasteiger partial charge in [-0.05, 0) is 42.2 Å². The summed E-state index contributed by atoms with van der Waals surface area (Å²) in [4.78, 5) is 9.40. The number of anilines is 1. The number of fused-ring (bicyclic) bond motifs is 1. The SMILES string of the molecule is Cc1cnc2c(c1)nc(CC(C)C)n2Cc1ccc(N)cc1. The van der Waals surface area contributed by atoms with E-state index in [1.165, 1.54) is 5.56 Å². The summed E-state index contributed by atoms with van der Waals surface area (Å²) in [5.41, 5.74) is 10.8. The lowest BCUT2D eigenvalue weighted by Gasteiger charge is -2.10. The summed E-state index contributed by atoms with van der Waals surface area (Å²) < 4.78 is 2.22. The molecule has 114 valence electrons. The molecule has 3 rings (SSSR count). The molecule has 0 saturated heterocycles. The van der Waals surface area contributed by atoms with Crippen molar-refractivity contribution in [3.05, 3.63) is 53.5 Å². The van der Waals surface area contributed by atoms with E-state index in [1.54, 1.807) is 0 Å². The number of pyridine rings is 1. The van der Waals surface area contributed by atoms with Crippen LogP contribution in [0, 0.1) is 12.8 Å². The Balaban J connectivity index is 2.06. The number of imidazole rings is 1. The molecule has 2 aromatic heterocycles. The molecule has 0 amide bonds. The Kier molecular flexibility index (Phi) is 3.84. The summed E-state index contributed by atoms with van der Waals surface area (Å²) in [5.74, 6) is 1.66. The third-order valence-corrected chi connectivity index (χ3v) is 3.71. The molecule has 2 heterocycles. The van der Waals surface area contributed by atoms with Crippen molar-refractivity contribution in [3.63, 3.8) is 0 Å². The van der Waals surface area contributed by atoms with Crippen molar-refractivity contribution in [1.29, 1.82) is 0 Å². The first kappa shape index (κ1) is 14.6. The lowest BCUT2D eigenvalue weighted by molar-refractivity contribution is 0.594. The highest BCUT2D eigenvalue weighted by atomic mass is 15.1.